The van der Waals surface area contributed by atoms with Crippen LogP contribution in [0.1, 0.15) is 42.4 Å². The minimum atomic E-state index is -0.621. The maximum absolute atomic E-state index is 14.7. The van der Waals surface area contributed by atoms with Gasteiger partial charge in [0, 0.05) is 21.8 Å². The molecule has 0 aliphatic carbocycles. The molecule has 1 N–H and O–H groups in total. The van der Waals surface area contributed by atoms with Crippen molar-refractivity contribution < 1.29 is 9.18 Å². The second-order valence-electron chi connectivity index (χ2n) is 8.02. The number of rotatable bonds is 2. The Bertz CT molecular complexity index is 1020. The van der Waals surface area contributed by atoms with Crippen molar-refractivity contribution in [3.05, 3.63) is 65.0 Å². The number of piperidine rings is 1. The number of hydrogen-bond acceptors (Lipinski definition) is 5. The van der Waals surface area contributed by atoms with Gasteiger partial charge in [0.25, 0.3) is 5.91 Å². The molecule has 1 amide bonds. The van der Waals surface area contributed by atoms with Gasteiger partial charge in [-0.25, -0.2) is 9.40 Å². The van der Waals surface area contributed by atoms with E-state index in [1.807, 2.05) is 36.9 Å². The fraction of sp³-hybridized carbons (Fsp3) is 0.391. The van der Waals surface area contributed by atoms with Crippen molar-refractivity contribution in [2.75, 3.05) is 12.3 Å². The van der Waals surface area contributed by atoms with Crippen LogP contribution in [0.15, 0.2) is 52.5 Å². The van der Waals surface area contributed by atoms with Crippen molar-refractivity contribution in [3.63, 3.8) is 0 Å². The van der Waals surface area contributed by atoms with Crippen LogP contribution in [0, 0.1) is 12.7 Å². The van der Waals surface area contributed by atoms with Crippen molar-refractivity contribution in [1.82, 2.24) is 10.3 Å². The van der Waals surface area contributed by atoms with Crippen LogP contribution in [-0.2, 0) is 9.67 Å². The van der Waals surface area contributed by atoms with Crippen LogP contribution in [0.2, 0.25) is 0 Å². The lowest BCUT2D eigenvalue weighted by molar-refractivity contribution is -0.137. The van der Waals surface area contributed by atoms with Crippen molar-refractivity contribution in [3.8, 4) is 0 Å². The van der Waals surface area contributed by atoms with E-state index >= 15 is 0 Å². The lowest BCUT2D eigenvalue weighted by Crippen LogP contribution is -2.52. The van der Waals surface area contributed by atoms with E-state index in [1.54, 1.807) is 11.1 Å². The summed E-state index contributed by atoms with van der Waals surface area (Å²) in [6, 6.07) is 13.1. The Balaban J connectivity index is 1.62. The van der Waals surface area contributed by atoms with Crippen LogP contribution in [0.3, 0.4) is 0 Å². The first-order valence-electron chi connectivity index (χ1n) is 10.4. The number of amides is 1. The number of carbonyl (C=O) groups is 1. The number of nitrogens with zero attached hydrogens (tertiary/aromatic N) is 2. The van der Waals surface area contributed by atoms with E-state index in [0.717, 1.165) is 49.1 Å². The van der Waals surface area contributed by atoms with Gasteiger partial charge in [0.05, 0.1) is 6.04 Å². The molecule has 3 heterocycles. The fourth-order valence-electron chi connectivity index (χ4n) is 4.42. The summed E-state index contributed by atoms with van der Waals surface area (Å²) in [6.45, 7) is 2.79. The van der Waals surface area contributed by atoms with Crippen molar-refractivity contribution in [2.24, 2.45) is 5.10 Å². The Labute approximate surface area is 184 Å². The zero-order valence-corrected chi connectivity index (χ0v) is 18.5. The molecule has 2 atom stereocenters. The first-order valence-corrected chi connectivity index (χ1v) is 12.2. The monoisotopic (exact) mass is 441 g/mol. The first kappa shape index (κ1) is 20.1. The van der Waals surface area contributed by atoms with Crippen LogP contribution < -0.4 is 5.32 Å². The van der Waals surface area contributed by atoms with Gasteiger partial charge < -0.3 is 5.32 Å². The summed E-state index contributed by atoms with van der Waals surface area (Å²) < 4.78 is 14.7. The van der Waals surface area contributed by atoms with Gasteiger partial charge in [0.15, 0.2) is 0 Å². The number of nitrogens with one attached hydrogen (secondary N) is 1. The van der Waals surface area contributed by atoms with Gasteiger partial charge in [-0.05, 0) is 50.9 Å². The van der Waals surface area contributed by atoms with Gasteiger partial charge >= 0.3 is 0 Å². The zero-order valence-electron chi connectivity index (χ0n) is 16.9. The third-order valence-corrected chi connectivity index (χ3v) is 8.48. The van der Waals surface area contributed by atoms with E-state index in [2.05, 4.69) is 17.4 Å². The summed E-state index contributed by atoms with van der Waals surface area (Å²) >= 11 is 3.34. The molecule has 3 aliphatic heterocycles. The molecule has 0 saturated carbocycles. The molecule has 5 rings (SSSR count). The van der Waals surface area contributed by atoms with E-state index in [9.17, 15) is 9.18 Å². The highest BCUT2D eigenvalue weighted by Gasteiger charge is 2.52. The summed E-state index contributed by atoms with van der Waals surface area (Å²) in [5, 5.41) is 10.4. The molecule has 3 aliphatic rings. The predicted octanol–water partition coefficient (Wildman–Crippen LogP) is 4.86. The van der Waals surface area contributed by atoms with Gasteiger partial charge in [-0.15, -0.1) is 11.8 Å². The molecule has 7 heteroatoms. The molecule has 1 unspecified atom stereocenters. The topological polar surface area (TPSA) is 44.7 Å². The lowest BCUT2D eigenvalue weighted by Gasteiger charge is -2.41. The molecule has 0 bridgehead atoms. The molecule has 0 radical (unpaired) electrons. The number of hydrogen-bond donors (Lipinski definition) is 1. The maximum atomic E-state index is 14.7. The van der Waals surface area contributed by atoms with E-state index in [1.165, 1.54) is 22.7 Å². The predicted molar refractivity (Wildman–Crippen MR) is 121 cm³/mol. The first-order chi connectivity index (χ1) is 14.6. The largest absolute Gasteiger partial charge is 0.306 e. The third kappa shape index (κ3) is 3.37. The Kier molecular flexibility index (Phi) is 5.37. The molecule has 2 aromatic rings. The molecule has 0 aromatic heterocycles. The number of aryl methyl sites for hydroxylation is 1. The van der Waals surface area contributed by atoms with E-state index < -0.39 is 4.87 Å². The molecule has 1 spiro atoms. The summed E-state index contributed by atoms with van der Waals surface area (Å²) in [6.07, 6.45) is 3.72. The van der Waals surface area contributed by atoms with E-state index in [4.69, 9.17) is 5.10 Å². The molecule has 30 heavy (non-hydrogen) atoms. The number of thioether (sulfide) groups is 2. The molecular formula is C23H24FN3OS2. The Hall–Kier alpha value is -1.83. The lowest BCUT2D eigenvalue weighted by atomic mass is 9.99. The van der Waals surface area contributed by atoms with Crippen LogP contribution in [0.5, 0.6) is 0 Å². The zero-order chi connectivity index (χ0) is 20.7. The van der Waals surface area contributed by atoms with Crippen molar-refractivity contribution in [2.45, 2.75) is 48.4 Å². The standard InChI is InChI=1S/C23H24FN3OS2/c1-15-9-10-18(24)16(14-15)21-26-27(22(28)19-7-4-5-12-25-19)23(30-21)11-13-29-20-8-3-2-6-17(20)23/h2-3,6,8-10,14,19,25H,4-5,7,11-13H2,1H3/t19-,23?/m0/s1. The summed E-state index contributed by atoms with van der Waals surface area (Å²) in [5.41, 5.74) is 2.55. The maximum Gasteiger partial charge on any atom is 0.261 e. The van der Waals surface area contributed by atoms with Crippen LogP contribution in [0.4, 0.5) is 4.39 Å². The van der Waals surface area contributed by atoms with E-state index in [0.29, 0.717) is 10.6 Å². The highest BCUT2D eigenvalue weighted by Crippen LogP contribution is 2.55. The van der Waals surface area contributed by atoms with Gasteiger partial charge in [0.1, 0.15) is 15.7 Å². The Morgan fingerprint density at radius 1 is 1.27 bits per heavy atom. The minimum Gasteiger partial charge on any atom is -0.306 e. The normalized spacial score (nSPS) is 25.9. The SMILES string of the molecule is Cc1ccc(F)c(C2=NN(C(=O)[C@@H]3CCCCN3)C3(CCSc4ccccc43)S2)c1. The van der Waals surface area contributed by atoms with Gasteiger partial charge in [-0.1, -0.05) is 48.0 Å². The molecular weight excluding hydrogens is 417 g/mol. The van der Waals surface area contributed by atoms with Crippen molar-refractivity contribution >= 4 is 34.5 Å². The van der Waals surface area contributed by atoms with Crippen LogP contribution >= 0.6 is 23.5 Å². The van der Waals surface area contributed by atoms with Gasteiger partial charge in [-0.2, -0.15) is 5.10 Å². The smallest absolute Gasteiger partial charge is 0.261 e. The van der Waals surface area contributed by atoms with Gasteiger partial charge in [-0.3, -0.25) is 4.79 Å². The highest BCUT2D eigenvalue weighted by atomic mass is 32.2. The highest BCUT2D eigenvalue weighted by molar-refractivity contribution is 8.15. The molecule has 156 valence electrons. The molecule has 4 nitrogen and oxygen atoms in total. The summed E-state index contributed by atoms with van der Waals surface area (Å²) in [4.78, 5) is 14.2. The number of benzene rings is 2. The molecule has 2 aromatic carbocycles. The Morgan fingerprint density at radius 2 is 2.13 bits per heavy atom. The Morgan fingerprint density at radius 3 is 2.97 bits per heavy atom. The van der Waals surface area contributed by atoms with Crippen LogP contribution in [0.25, 0.3) is 0 Å². The number of hydrazone groups is 1. The average molecular weight is 442 g/mol. The molecule has 1 fully saturated rings. The van der Waals surface area contributed by atoms with Gasteiger partial charge in [0.2, 0.25) is 0 Å². The van der Waals surface area contributed by atoms with E-state index in [-0.39, 0.29) is 17.8 Å². The summed E-state index contributed by atoms with van der Waals surface area (Å²) in [5.74, 6) is 0.586. The second kappa shape index (κ2) is 8.02. The number of fused-ring (bicyclic) bond motifs is 2. The number of halogens is 1. The number of carbonyl (C=O) groups excluding carboxylic acids is 1. The third-order valence-electron chi connectivity index (χ3n) is 5.97. The fourth-order valence-corrected chi connectivity index (χ4v) is 7.22. The van der Waals surface area contributed by atoms with Crippen LogP contribution in [-0.4, -0.2) is 34.3 Å². The minimum absolute atomic E-state index is 0.00744. The second-order valence-corrected chi connectivity index (χ2v) is 10.4. The quantitative estimate of drug-likeness (QED) is 0.723. The average Bonchev–Trinajstić information content (AvgIpc) is 3.15. The molecule has 1 saturated heterocycles. The summed E-state index contributed by atoms with van der Waals surface area (Å²) in [7, 11) is 0. The van der Waals surface area contributed by atoms with Crippen molar-refractivity contribution in [1.29, 1.82) is 0 Å².